The van der Waals surface area contributed by atoms with Crippen LogP contribution in [0.1, 0.15) is 37.9 Å². The van der Waals surface area contributed by atoms with E-state index in [2.05, 4.69) is 20.9 Å². The van der Waals surface area contributed by atoms with E-state index in [4.69, 9.17) is 20.6 Å². The van der Waals surface area contributed by atoms with Crippen LogP contribution in [0.25, 0.3) is 0 Å². The van der Waals surface area contributed by atoms with Crippen LogP contribution in [0.4, 0.5) is 0 Å². The Morgan fingerprint density at radius 3 is 2.85 bits per heavy atom. The summed E-state index contributed by atoms with van der Waals surface area (Å²) in [5, 5.41) is 2.76. The van der Waals surface area contributed by atoms with E-state index >= 15 is 0 Å². The first-order valence-corrected chi connectivity index (χ1v) is 9.91. The van der Waals surface area contributed by atoms with E-state index < -0.39 is 23.8 Å². The molecule has 8 heteroatoms. The molecule has 144 valence electrons. The first-order valence-electron chi connectivity index (χ1n) is 8.24. The minimum Gasteiger partial charge on any atom is -0.457 e. The number of rotatable bonds is 7. The molecule has 1 aromatic heterocycles. The number of carbonyl (C=O) groups excluding carboxylic acids is 2. The molecule has 1 aromatic rings. The number of hydrogen-bond acceptors (Lipinski definition) is 7. The lowest BCUT2D eigenvalue weighted by molar-refractivity contribution is -0.205. The first-order chi connectivity index (χ1) is 12.7. The molecule has 0 aromatic carbocycles. The quantitative estimate of drug-likeness (QED) is 0.356. The van der Waals surface area contributed by atoms with Crippen LogP contribution in [-0.2, 0) is 36.6 Å². The van der Waals surface area contributed by atoms with E-state index in [0.717, 1.165) is 15.2 Å². The Morgan fingerprint density at radius 2 is 2.22 bits per heavy atom. The third-order valence-electron chi connectivity index (χ3n) is 3.40. The number of nitrogens with zero attached hydrogens (tertiary/aromatic N) is 1. The van der Waals surface area contributed by atoms with Crippen molar-refractivity contribution >= 4 is 39.2 Å². The summed E-state index contributed by atoms with van der Waals surface area (Å²) < 4.78 is 16.8. The zero-order valence-corrected chi connectivity index (χ0v) is 17.7. The number of hydrogen-bond donors (Lipinski definition) is 0. The number of esters is 2. The maximum absolute atomic E-state index is 11.6. The Bertz CT molecular complexity index is 814. The molecule has 27 heavy (non-hydrogen) atoms. The highest BCUT2D eigenvalue weighted by Gasteiger charge is 2.29. The molecular formula is C19H20BrNO5S. The van der Waals surface area contributed by atoms with Crippen molar-refractivity contribution in [3.63, 3.8) is 0 Å². The number of thiazole rings is 1. The molecule has 0 aliphatic carbocycles. The molecule has 2 heterocycles. The van der Waals surface area contributed by atoms with Crippen LogP contribution in [0.3, 0.4) is 0 Å². The fourth-order valence-electron chi connectivity index (χ4n) is 2.44. The second-order valence-corrected chi connectivity index (χ2v) is 8.51. The lowest BCUT2D eigenvalue weighted by Gasteiger charge is -2.30. The summed E-state index contributed by atoms with van der Waals surface area (Å²) in [5.74, 6) is 0.446. The van der Waals surface area contributed by atoms with Gasteiger partial charge < -0.3 is 14.2 Å². The van der Waals surface area contributed by atoms with Crippen molar-refractivity contribution in [3.05, 3.63) is 38.5 Å². The minimum atomic E-state index is -0.956. The van der Waals surface area contributed by atoms with E-state index in [-0.39, 0.29) is 0 Å². The Kier molecular flexibility index (Phi) is 7.22. The smallest absolute Gasteiger partial charge is 0.384 e. The van der Waals surface area contributed by atoms with Crippen molar-refractivity contribution < 1.29 is 23.8 Å². The number of ether oxygens (including phenoxy) is 3. The van der Waals surface area contributed by atoms with Gasteiger partial charge in [-0.05, 0) is 23.9 Å². The molecule has 1 aliphatic rings. The normalized spacial score (nSPS) is 17.2. The van der Waals surface area contributed by atoms with Gasteiger partial charge in [0.1, 0.15) is 11.9 Å². The van der Waals surface area contributed by atoms with Gasteiger partial charge in [-0.25, -0.2) is 14.6 Å². The molecule has 0 bridgehead atoms. The van der Waals surface area contributed by atoms with E-state index in [1.807, 2.05) is 18.2 Å². The van der Waals surface area contributed by atoms with Gasteiger partial charge in [-0.2, -0.15) is 0 Å². The molecule has 2 rings (SSSR count). The fraction of sp³-hybridized carbons (Fsp3) is 0.421. The van der Waals surface area contributed by atoms with Gasteiger partial charge in [-0.3, -0.25) is 0 Å². The molecule has 1 atom stereocenters. The van der Waals surface area contributed by atoms with E-state index in [9.17, 15) is 9.59 Å². The van der Waals surface area contributed by atoms with Gasteiger partial charge in [-0.1, -0.05) is 15.9 Å². The van der Waals surface area contributed by atoms with Gasteiger partial charge in [0.2, 0.25) is 5.79 Å². The number of terminal acetylenes is 1. The predicted molar refractivity (Wildman–Crippen MR) is 105 cm³/mol. The summed E-state index contributed by atoms with van der Waals surface area (Å²) in [6.45, 7) is 5.22. The number of allylic oxidation sites excluding steroid dienone is 2. The van der Waals surface area contributed by atoms with Crippen LogP contribution >= 0.6 is 27.3 Å². The van der Waals surface area contributed by atoms with Crippen molar-refractivity contribution in [1.29, 1.82) is 0 Å². The maximum Gasteiger partial charge on any atom is 0.384 e. The standard InChI is InChI=1S/C19H20BrNO5S/c1-5-17(22)24-15(8-12(2)20)9-16-21-13(11-27-16)6-7-14-10-18(23)26-19(3,4)25-14/h1,8,10-11,15H,6-7,9H2,2-4H3/b12-8+. The average molecular weight is 454 g/mol. The average Bonchev–Trinajstić information content (AvgIpc) is 2.97. The summed E-state index contributed by atoms with van der Waals surface area (Å²) in [7, 11) is 0. The second-order valence-electron chi connectivity index (χ2n) is 6.31. The lowest BCUT2D eigenvalue weighted by atomic mass is 10.2. The highest BCUT2D eigenvalue weighted by Crippen LogP contribution is 2.25. The topological polar surface area (TPSA) is 74.7 Å². The second kappa shape index (κ2) is 9.20. The Labute approximate surface area is 170 Å². The highest BCUT2D eigenvalue weighted by molar-refractivity contribution is 9.11. The molecule has 1 unspecified atom stereocenters. The lowest BCUT2D eigenvalue weighted by Crippen LogP contribution is -2.34. The number of halogens is 1. The van der Waals surface area contributed by atoms with Gasteiger partial charge in [0.25, 0.3) is 0 Å². The van der Waals surface area contributed by atoms with Crippen LogP contribution in [0.2, 0.25) is 0 Å². The number of carbonyl (C=O) groups is 2. The first kappa shape index (κ1) is 21.2. The van der Waals surface area contributed by atoms with Crippen molar-refractivity contribution in [2.75, 3.05) is 0 Å². The summed E-state index contributed by atoms with van der Waals surface area (Å²) >= 11 is 4.81. The van der Waals surface area contributed by atoms with Crippen LogP contribution in [0.5, 0.6) is 0 Å². The Morgan fingerprint density at radius 1 is 1.48 bits per heavy atom. The molecule has 0 fully saturated rings. The summed E-state index contributed by atoms with van der Waals surface area (Å²) in [4.78, 5) is 27.5. The third-order valence-corrected chi connectivity index (χ3v) is 4.58. The number of aromatic nitrogens is 1. The molecule has 0 radical (unpaired) electrons. The van der Waals surface area contributed by atoms with Gasteiger partial charge in [0, 0.05) is 38.0 Å². The summed E-state index contributed by atoms with van der Waals surface area (Å²) in [5.41, 5.74) is 0.873. The summed E-state index contributed by atoms with van der Waals surface area (Å²) in [6, 6.07) is 0. The highest BCUT2D eigenvalue weighted by atomic mass is 79.9. The molecule has 0 saturated carbocycles. The zero-order valence-electron chi connectivity index (χ0n) is 15.3. The Balaban J connectivity index is 1.97. The van der Waals surface area contributed by atoms with Crippen LogP contribution in [0.15, 0.2) is 27.8 Å². The molecule has 0 amide bonds. The monoisotopic (exact) mass is 453 g/mol. The van der Waals surface area contributed by atoms with E-state index in [1.165, 1.54) is 17.4 Å². The molecule has 1 aliphatic heterocycles. The fourth-order valence-corrected chi connectivity index (χ4v) is 3.60. The van der Waals surface area contributed by atoms with Gasteiger partial charge in [-0.15, -0.1) is 17.8 Å². The van der Waals surface area contributed by atoms with Gasteiger partial charge in [0.05, 0.1) is 16.8 Å². The maximum atomic E-state index is 11.6. The van der Waals surface area contributed by atoms with Crippen molar-refractivity contribution in [2.45, 2.75) is 51.9 Å². The van der Waals surface area contributed by atoms with E-state index in [1.54, 1.807) is 19.9 Å². The molecule has 6 nitrogen and oxygen atoms in total. The van der Waals surface area contributed by atoms with Crippen molar-refractivity contribution in [1.82, 2.24) is 4.98 Å². The Hall–Kier alpha value is -2.11. The summed E-state index contributed by atoms with van der Waals surface area (Å²) in [6.07, 6.45) is 9.29. The third kappa shape index (κ3) is 7.19. The largest absolute Gasteiger partial charge is 0.457 e. The van der Waals surface area contributed by atoms with E-state index in [0.29, 0.717) is 25.0 Å². The van der Waals surface area contributed by atoms with Crippen LogP contribution in [-0.4, -0.2) is 28.8 Å². The van der Waals surface area contributed by atoms with Crippen molar-refractivity contribution in [2.24, 2.45) is 0 Å². The molecule has 0 spiro atoms. The molecule has 0 saturated heterocycles. The molecular weight excluding hydrogens is 434 g/mol. The number of cyclic esters (lactones) is 1. The van der Waals surface area contributed by atoms with Crippen LogP contribution in [0, 0.1) is 12.3 Å². The SMILES string of the molecule is C#CC(=O)OC(/C=C(\C)Br)Cc1nc(CCC2=CC(=O)OC(C)(C)O2)cs1. The number of aryl methyl sites for hydroxylation is 1. The minimum absolute atomic E-state index is 0.407. The van der Waals surface area contributed by atoms with Crippen LogP contribution < -0.4 is 0 Å². The zero-order chi connectivity index (χ0) is 20.0. The molecule has 0 N–H and O–H groups in total. The van der Waals surface area contributed by atoms with Crippen molar-refractivity contribution in [3.8, 4) is 12.3 Å². The van der Waals surface area contributed by atoms with Gasteiger partial charge in [0.15, 0.2) is 0 Å². The predicted octanol–water partition coefficient (Wildman–Crippen LogP) is 3.66. The van der Waals surface area contributed by atoms with Gasteiger partial charge >= 0.3 is 11.9 Å².